The summed E-state index contributed by atoms with van der Waals surface area (Å²) in [5, 5.41) is 0. The first-order chi connectivity index (χ1) is 4.36. The molecule has 0 bridgehead atoms. The molecule has 1 nitrogen and oxygen atoms in total. The van der Waals surface area contributed by atoms with E-state index in [4.69, 9.17) is 4.52 Å². The molecule has 1 aliphatic carbocycles. The summed E-state index contributed by atoms with van der Waals surface area (Å²) in [5.74, 6) is 0.940. The van der Waals surface area contributed by atoms with E-state index in [2.05, 4.69) is 16.4 Å². The molecule has 0 N–H and O–H groups in total. The molecule has 2 heteroatoms. The monoisotopic (exact) mass is 146 g/mol. The van der Waals surface area contributed by atoms with E-state index < -0.39 is 0 Å². The van der Waals surface area contributed by atoms with Crippen LogP contribution in [-0.2, 0) is 4.52 Å². The van der Waals surface area contributed by atoms with Gasteiger partial charge in [-0.3, -0.25) is 0 Å². The molecule has 0 radical (unpaired) electrons. The highest BCUT2D eigenvalue weighted by atomic mass is 31.0. The van der Waals surface area contributed by atoms with Crippen LogP contribution in [0.2, 0.25) is 0 Å². The molecule has 0 amide bonds. The van der Waals surface area contributed by atoms with E-state index in [1.54, 1.807) is 0 Å². The molecule has 1 rings (SSSR count). The Hall–Kier alpha value is 0.390. The molecule has 54 valence electrons. The van der Waals surface area contributed by atoms with Gasteiger partial charge in [0.25, 0.3) is 0 Å². The van der Waals surface area contributed by atoms with E-state index in [1.807, 2.05) is 0 Å². The summed E-state index contributed by atoms with van der Waals surface area (Å²) in [7, 11) is 2.36. The first-order valence-corrected chi connectivity index (χ1v) is 4.19. The van der Waals surface area contributed by atoms with Crippen LogP contribution < -0.4 is 0 Å². The van der Waals surface area contributed by atoms with Gasteiger partial charge in [-0.2, -0.15) is 0 Å². The van der Waals surface area contributed by atoms with Crippen molar-refractivity contribution < 1.29 is 4.52 Å². The highest BCUT2D eigenvalue weighted by Gasteiger charge is 2.22. The van der Waals surface area contributed by atoms with Crippen molar-refractivity contribution in [2.45, 2.75) is 38.7 Å². The Morgan fingerprint density at radius 3 is 2.67 bits per heavy atom. The normalized spacial score (nSPS) is 35.3. The molecule has 0 aromatic heterocycles. The molecule has 1 aliphatic rings. The van der Waals surface area contributed by atoms with Crippen LogP contribution >= 0.6 is 9.47 Å². The van der Waals surface area contributed by atoms with Crippen molar-refractivity contribution in [3.8, 4) is 0 Å². The Kier molecular flexibility index (Phi) is 2.94. The first kappa shape index (κ1) is 7.50. The molecule has 1 saturated carbocycles. The summed E-state index contributed by atoms with van der Waals surface area (Å²) in [6, 6.07) is 0. The predicted molar refractivity (Wildman–Crippen MR) is 42.2 cm³/mol. The van der Waals surface area contributed by atoms with Crippen molar-refractivity contribution in [2.24, 2.45) is 5.92 Å². The molecular weight excluding hydrogens is 131 g/mol. The predicted octanol–water partition coefficient (Wildman–Crippen LogP) is 2.37. The third kappa shape index (κ3) is 1.91. The molecule has 9 heavy (non-hydrogen) atoms. The molecule has 1 fully saturated rings. The Morgan fingerprint density at radius 2 is 2.33 bits per heavy atom. The summed E-state index contributed by atoms with van der Waals surface area (Å²) in [6.45, 7) is 2.26. The topological polar surface area (TPSA) is 9.23 Å². The van der Waals surface area contributed by atoms with Crippen molar-refractivity contribution in [1.29, 1.82) is 0 Å². The Labute approximate surface area is 59.5 Å². The minimum Gasteiger partial charge on any atom is -0.362 e. The van der Waals surface area contributed by atoms with E-state index in [1.165, 1.54) is 25.7 Å². The summed E-state index contributed by atoms with van der Waals surface area (Å²) < 4.78 is 5.16. The van der Waals surface area contributed by atoms with Gasteiger partial charge in [0.05, 0.1) is 6.10 Å². The number of hydrogen-bond donors (Lipinski definition) is 0. The van der Waals surface area contributed by atoms with Gasteiger partial charge in [-0.1, -0.05) is 13.3 Å². The maximum absolute atomic E-state index is 5.16. The van der Waals surface area contributed by atoms with Crippen molar-refractivity contribution >= 4 is 9.47 Å². The first-order valence-electron chi connectivity index (χ1n) is 3.72. The largest absolute Gasteiger partial charge is 0.362 e. The molecule has 3 atom stereocenters. The Morgan fingerprint density at radius 1 is 1.56 bits per heavy atom. The SMILES string of the molecule is CCC1CCC(OP)C1. The highest BCUT2D eigenvalue weighted by molar-refractivity contribution is 7.09. The number of rotatable bonds is 2. The van der Waals surface area contributed by atoms with Crippen molar-refractivity contribution in [3.63, 3.8) is 0 Å². The zero-order chi connectivity index (χ0) is 6.69. The van der Waals surface area contributed by atoms with Gasteiger partial charge in [0.2, 0.25) is 0 Å². The molecule has 0 aromatic rings. The standard InChI is InChI=1S/C7H15OP/c1-2-6-3-4-7(5-6)8-9/h6-7H,2-5,9H2,1H3. The lowest BCUT2D eigenvalue weighted by Crippen LogP contribution is -2.00. The maximum Gasteiger partial charge on any atom is 0.0613 e. The summed E-state index contributed by atoms with van der Waals surface area (Å²) in [4.78, 5) is 0. The van der Waals surface area contributed by atoms with Crippen LogP contribution in [0, 0.1) is 5.92 Å². The Bertz CT molecular complexity index is 75.0. The van der Waals surface area contributed by atoms with Gasteiger partial charge >= 0.3 is 0 Å². The fraction of sp³-hybridized carbons (Fsp3) is 1.00. The van der Waals surface area contributed by atoms with Crippen LogP contribution in [0.4, 0.5) is 0 Å². The van der Waals surface area contributed by atoms with Crippen molar-refractivity contribution in [2.75, 3.05) is 0 Å². The van der Waals surface area contributed by atoms with Gasteiger partial charge in [-0.15, -0.1) is 0 Å². The van der Waals surface area contributed by atoms with E-state index >= 15 is 0 Å². The smallest absolute Gasteiger partial charge is 0.0613 e. The second-order valence-electron chi connectivity index (χ2n) is 2.85. The van der Waals surface area contributed by atoms with Crippen molar-refractivity contribution in [1.82, 2.24) is 0 Å². The second kappa shape index (κ2) is 3.53. The van der Waals surface area contributed by atoms with Crippen LogP contribution in [0.25, 0.3) is 0 Å². The zero-order valence-corrected chi connectivity index (χ0v) is 7.12. The maximum atomic E-state index is 5.16. The van der Waals surface area contributed by atoms with Crippen LogP contribution in [0.5, 0.6) is 0 Å². The van der Waals surface area contributed by atoms with E-state index in [0.717, 1.165) is 5.92 Å². The molecule has 0 aliphatic heterocycles. The third-order valence-electron chi connectivity index (χ3n) is 2.26. The lowest BCUT2D eigenvalue weighted by atomic mass is 10.1. The molecule has 0 aromatic carbocycles. The quantitative estimate of drug-likeness (QED) is 0.543. The molecule has 0 heterocycles. The van der Waals surface area contributed by atoms with E-state index in [9.17, 15) is 0 Å². The average molecular weight is 146 g/mol. The van der Waals surface area contributed by atoms with Crippen LogP contribution in [0.3, 0.4) is 0 Å². The summed E-state index contributed by atoms with van der Waals surface area (Å²) in [6.07, 6.45) is 5.78. The minimum atomic E-state index is 0.542. The van der Waals surface area contributed by atoms with E-state index in [-0.39, 0.29) is 0 Å². The lowest BCUT2D eigenvalue weighted by Gasteiger charge is -2.05. The van der Waals surface area contributed by atoms with Gasteiger partial charge in [-0.05, 0) is 25.2 Å². The van der Waals surface area contributed by atoms with Crippen molar-refractivity contribution in [3.05, 3.63) is 0 Å². The molecule has 0 saturated heterocycles. The minimum absolute atomic E-state index is 0.542. The molecular formula is C7H15OP. The lowest BCUT2D eigenvalue weighted by molar-refractivity contribution is 0.241. The molecule has 3 unspecified atom stereocenters. The van der Waals surface area contributed by atoms with Gasteiger partial charge in [-0.25, -0.2) is 0 Å². The zero-order valence-electron chi connectivity index (χ0n) is 5.97. The summed E-state index contributed by atoms with van der Waals surface area (Å²) >= 11 is 0. The average Bonchev–Trinajstić information content (AvgIpc) is 2.34. The fourth-order valence-electron chi connectivity index (χ4n) is 1.52. The molecule has 0 spiro atoms. The van der Waals surface area contributed by atoms with E-state index in [0.29, 0.717) is 6.10 Å². The highest BCUT2D eigenvalue weighted by Crippen LogP contribution is 2.30. The summed E-state index contributed by atoms with van der Waals surface area (Å²) in [5.41, 5.74) is 0. The van der Waals surface area contributed by atoms with Gasteiger partial charge in [0.1, 0.15) is 0 Å². The van der Waals surface area contributed by atoms with Crippen LogP contribution in [0.1, 0.15) is 32.6 Å². The Balaban J connectivity index is 2.20. The second-order valence-corrected chi connectivity index (χ2v) is 3.12. The van der Waals surface area contributed by atoms with Crippen LogP contribution in [-0.4, -0.2) is 6.10 Å². The fourth-order valence-corrected chi connectivity index (χ4v) is 1.77. The van der Waals surface area contributed by atoms with Gasteiger partial charge in [0, 0.05) is 9.47 Å². The third-order valence-corrected chi connectivity index (χ3v) is 2.65. The van der Waals surface area contributed by atoms with Crippen LogP contribution in [0.15, 0.2) is 0 Å². The number of hydrogen-bond acceptors (Lipinski definition) is 1. The van der Waals surface area contributed by atoms with Gasteiger partial charge < -0.3 is 4.52 Å². The van der Waals surface area contributed by atoms with Gasteiger partial charge in [0.15, 0.2) is 0 Å².